The van der Waals surface area contributed by atoms with Crippen LogP contribution in [0.5, 0.6) is 5.75 Å². The number of rotatable bonds is 3. The molecule has 0 bridgehead atoms. The van der Waals surface area contributed by atoms with Crippen LogP contribution in [0, 0.1) is 0 Å². The van der Waals surface area contributed by atoms with Crippen LogP contribution in [-0.4, -0.2) is 33.2 Å². The molecule has 106 valence electrons. The van der Waals surface area contributed by atoms with E-state index in [4.69, 9.17) is 9.84 Å². The maximum atomic E-state index is 11.1. The molecule has 6 nitrogen and oxygen atoms in total. The summed E-state index contributed by atoms with van der Waals surface area (Å²) in [5.41, 5.74) is 2.16. The van der Waals surface area contributed by atoms with Crippen LogP contribution in [0.1, 0.15) is 10.4 Å². The molecule has 0 unspecified atom stereocenters. The van der Waals surface area contributed by atoms with Crippen LogP contribution >= 0.6 is 15.9 Å². The molecule has 3 rings (SSSR count). The highest BCUT2D eigenvalue weighted by molar-refractivity contribution is 9.10. The molecule has 0 saturated heterocycles. The van der Waals surface area contributed by atoms with E-state index < -0.39 is 5.97 Å². The monoisotopic (exact) mass is 347 g/mol. The molecule has 7 heteroatoms. The van der Waals surface area contributed by atoms with Gasteiger partial charge in [0, 0.05) is 10.5 Å². The van der Waals surface area contributed by atoms with Gasteiger partial charge in [-0.05, 0) is 30.3 Å². The number of hydrogen-bond acceptors (Lipinski definition) is 4. The predicted molar refractivity (Wildman–Crippen MR) is 80.1 cm³/mol. The highest BCUT2D eigenvalue weighted by Crippen LogP contribution is 2.25. The first-order valence-corrected chi connectivity index (χ1v) is 6.81. The van der Waals surface area contributed by atoms with Crippen molar-refractivity contribution >= 4 is 32.9 Å². The summed E-state index contributed by atoms with van der Waals surface area (Å²) in [6.07, 6.45) is 0. The van der Waals surface area contributed by atoms with Crippen molar-refractivity contribution in [1.82, 2.24) is 15.0 Å². The average Bonchev–Trinajstić information content (AvgIpc) is 2.89. The number of aromatic carboxylic acids is 1. The minimum absolute atomic E-state index is 0.188. The second kappa shape index (κ2) is 5.17. The van der Waals surface area contributed by atoms with E-state index in [1.807, 2.05) is 12.1 Å². The van der Waals surface area contributed by atoms with Crippen molar-refractivity contribution in [2.45, 2.75) is 0 Å². The lowest BCUT2D eigenvalue weighted by Crippen LogP contribution is -2.00. The highest BCUT2D eigenvalue weighted by Gasteiger charge is 2.11. The zero-order chi connectivity index (χ0) is 15.0. The van der Waals surface area contributed by atoms with Crippen molar-refractivity contribution in [3.8, 4) is 11.4 Å². The Morgan fingerprint density at radius 1 is 1.29 bits per heavy atom. The maximum absolute atomic E-state index is 11.1. The third-order valence-corrected chi connectivity index (χ3v) is 3.49. The molecule has 21 heavy (non-hydrogen) atoms. The van der Waals surface area contributed by atoms with Crippen LogP contribution in [0.4, 0.5) is 0 Å². The van der Waals surface area contributed by atoms with Gasteiger partial charge in [-0.1, -0.05) is 21.1 Å². The van der Waals surface area contributed by atoms with Crippen LogP contribution in [0.3, 0.4) is 0 Å². The number of halogens is 1. The molecule has 0 atom stereocenters. The minimum atomic E-state index is -0.989. The lowest BCUT2D eigenvalue weighted by Gasteiger charge is -2.06. The van der Waals surface area contributed by atoms with Gasteiger partial charge in [0.15, 0.2) is 0 Å². The van der Waals surface area contributed by atoms with Crippen LogP contribution < -0.4 is 4.74 Å². The second-order valence-electron chi connectivity index (χ2n) is 4.36. The molecule has 1 heterocycles. The zero-order valence-corrected chi connectivity index (χ0v) is 12.5. The zero-order valence-electron chi connectivity index (χ0n) is 10.9. The fourth-order valence-corrected chi connectivity index (χ4v) is 2.49. The number of aromatic nitrogens is 3. The SMILES string of the molecule is COc1cc(Br)cc(-n2nnc3ccc(C(=O)O)cc32)c1. The van der Waals surface area contributed by atoms with Gasteiger partial charge in [-0.15, -0.1) is 5.10 Å². The van der Waals surface area contributed by atoms with Gasteiger partial charge in [0.05, 0.1) is 23.9 Å². The summed E-state index contributed by atoms with van der Waals surface area (Å²) >= 11 is 3.41. The number of carbonyl (C=O) groups is 1. The fourth-order valence-electron chi connectivity index (χ4n) is 2.03. The fraction of sp³-hybridized carbons (Fsp3) is 0.0714. The lowest BCUT2D eigenvalue weighted by molar-refractivity contribution is 0.0697. The predicted octanol–water partition coefficient (Wildman–Crippen LogP) is 2.89. The van der Waals surface area contributed by atoms with Crippen LogP contribution in [0.25, 0.3) is 16.7 Å². The third-order valence-electron chi connectivity index (χ3n) is 3.03. The van der Waals surface area contributed by atoms with E-state index in [2.05, 4.69) is 26.2 Å². The summed E-state index contributed by atoms with van der Waals surface area (Å²) < 4.78 is 7.63. The first kappa shape index (κ1) is 13.6. The number of benzene rings is 2. The molecule has 3 aromatic rings. The molecule has 2 aromatic carbocycles. The largest absolute Gasteiger partial charge is 0.497 e. The molecule has 0 fully saturated rings. The number of nitrogens with zero attached hydrogens (tertiary/aromatic N) is 3. The maximum Gasteiger partial charge on any atom is 0.335 e. The number of carboxylic acid groups (broad SMARTS) is 1. The molecular weight excluding hydrogens is 338 g/mol. The second-order valence-corrected chi connectivity index (χ2v) is 5.27. The third kappa shape index (κ3) is 2.47. The van der Waals surface area contributed by atoms with Crippen molar-refractivity contribution in [2.24, 2.45) is 0 Å². The molecule has 0 spiro atoms. The molecule has 0 aliphatic heterocycles. The van der Waals surface area contributed by atoms with Gasteiger partial charge < -0.3 is 9.84 Å². The standard InChI is InChI=1S/C14H10BrN3O3/c1-21-11-6-9(15)5-10(7-11)18-13-4-8(14(19)20)2-3-12(13)16-17-18/h2-7H,1H3,(H,19,20). The molecular formula is C14H10BrN3O3. The molecule has 0 radical (unpaired) electrons. The van der Waals surface area contributed by atoms with Crippen LogP contribution in [0.2, 0.25) is 0 Å². The molecule has 0 aliphatic rings. The Morgan fingerprint density at radius 2 is 2.10 bits per heavy atom. The van der Waals surface area contributed by atoms with E-state index in [-0.39, 0.29) is 5.56 Å². The summed E-state index contributed by atoms with van der Waals surface area (Å²) in [6, 6.07) is 10.2. The lowest BCUT2D eigenvalue weighted by atomic mass is 10.2. The van der Waals surface area contributed by atoms with Crippen LogP contribution in [-0.2, 0) is 0 Å². The van der Waals surface area contributed by atoms with Gasteiger partial charge in [-0.25, -0.2) is 9.48 Å². The number of methoxy groups -OCH3 is 1. The van der Waals surface area contributed by atoms with Crippen LogP contribution in [0.15, 0.2) is 40.9 Å². The van der Waals surface area contributed by atoms with Crippen molar-refractivity contribution in [3.63, 3.8) is 0 Å². The van der Waals surface area contributed by atoms with Gasteiger partial charge in [0.1, 0.15) is 11.3 Å². The van der Waals surface area contributed by atoms with E-state index in [1.54, 1.807) is 30.0 Å². The first-order valence-electron chi connectivity index (χ1n) is 6.02. The van der Waals surface area contributed by atoms with Gasteiger partial charge >= 0.3 is 5.97 Å². The smallest absolute Gasteiger partial charge is 0.335 e. The molecule has 0 amide bonds. The summed E-state index contributed by atoms with van der Waals surface area (Å²) in [6.45, 7) is 0. The van der Waals surface area contributed by atoms with Gasteiger partial charge in [-0.2, -0.15) is 0 Å². The van der Waals surface area contributed by atoms with Crippen molar-refractivity contribution in [1.29, 1.82) is 0 Å². The summed E-state index contributed by atoms with van der Waals surface area (Å²) in [5.74, 6) is -0.325. The van der Waals surface area contributed by atoms with Crippen molar-refractivity contribution in [3.05, 3.63) is 46.4 Å². The summed E-state index contributed by atoms with van der Waals surface area (Å²) in [7, 11) is 1.58. The molecule has 1 aromatic heterocycles. The Bertz CT molecular complexity index is 845. The Labute approximate surface area is 128 Å². The van der Waals surface area contributed by atoms with E-state index in [1.165, 1.54) is 6.07 Å². The number of hydrogen-bond donors (Lipinski definition) is 1. The number of carboxylic acids is 1. The van der Waals surface area contributed by atoms with Crippen molar-refractivity contribution < 1.29 is 14.6 Å². The Hall–Kier alpha value is -2.41. The Morgan fingerprint density at radius 3 is 2.81 bits per heavy atom. The molecule has 1 N–H and O–H groups in total. The van der Waals surface area contributed by atoms with Gasteiger partial charge in [-0.3, -0.25) is 0 Å². The normalized spacial score (nSPS) is 10.8. The number of fused-ring (bicyclic) bond motifs is 1. The summed E-state index contributed by atoms with van der Waals surface area (Å²) in [4.78, 5) is 11.1. The number of ether oxygens (including phenoxy) is 1. The Balaban J connectivity index is 2.22. The quantitative estimate of drug-likeness (QED) is 0.788. The topological polar surface area (TPSA) is 77.2 Å². The minimum Gasteiger partial charge on any atom is -0.497 e. The van der Waals surface area contributed by atoms with E-state index in [0.717, 1.165) is 10.2 Å². The van der Waals surface area contributed by atoms with E-state index >= 15 is 0 Å². The van der Waals surface area contributed by atoms with E-state index in [9.17, 15) is 4.79 Å². The van der Waals surface area contributed by atoms with Gasteiger partial charge in [0.2, 0.25) is 0 Å². The first-order chi connectivity index (χ1) is 10.1. The molecule has 0 saturated carbocycles. The highest BCUT2D eigenvalue weighted by atomic mass is 79.9. The Kier molecular flexibility index (Phi) is 3.34. The van der Waals surface area contributed by atoms with Crippen molar-refractivity contribution in [2.75, 3.05) is 7.11 Å². The van der Waals surface area contributed by atoms with Gasteiger partial charge in [0.25, 0.3) is 0 Å². The summed E-state index contributed by atoms with van der Waals surface area (Å²) in [5, 5.41) is 17.2. The molecule has 0 aliphatic carbocycles. The average molecular weight is 348 g/mol. The van der Waals surface area contributed by atoms with E-state index in [0.29, 0.717) is 16.8 Å².